The second kappa shape index (κ2) is 5.80. The fraction of sp³-hybridized carbons (Fsp3) is 0.917. The summed E-state index contributed by atoms with van der Waals surface area (Å²) in [5, 5.41) is 18.8. The lowest BCUT2D eigenvalue weighted by atomic mass is 9.85. The molecule has 0 spiro atoms. The fourth-order valence-corrected chi connectivity index (χ4v) is 2.52. The van der Waals surface area contributed by atoms with Crippen LogP contribution in [0.2, 0.25) is 0 Å². The molecule has 98 valence electrons. The summed E-state index contributed by atoms with van der Waals surface area (Å²) in [7, 11) is 0. The molecule has 1 aliphatic heterocycles. The van der Waals surface area contributed by atoms with Gasteiger partial charge in [-0.15, -0.1) is 0 Å². The average molecular weight is 244 g/mol. The molecule has 0 amide bonds. The molecule has 5 heteroatoms. The van der Waals surface area contributed by atoms with E-state index in [1.54, 1.807) is 0 Å². The van der Waals surface area contributed by atoms with E-state index in [1.165, 1.54) is 0 Å². The van der Waals surface area contributed by atoms with Crippen LogP contribution in [-0.4, -0.2) is 41.3 Å². The molecule has 0 aromatic rings. The maximum Gasteiger partial charge on any atom is 0.306 e. The number of aliphatic carboxylic acids is 1. The van der Waals surface area contributed by atoms with Crippen molar-refractivity contribution in [2.75, 3.05) is 6.61 Å². The molecule has 2 rings (SSSR count). The van der Waals surface area contributed by atoms with E-state index < -0.39 is 18.0 Å². The van der Waals surface area contributed by atoms with Gasteiger partial charge in [0.2, 0.25) is 0 Å². The van der Waals surface area contributed by atoms with E-state index in [2.05, 4.69) is 0 Å². The zero-order valence-electron chi connectivity index (χ0n) is 9.88. The minimum atomic E-state index is -0.823. The van der Waals surface area contributed by atoms with Crippen LogP contribution in [0.5, 0.6) is 0 Å². The Labute approximate surface area is 101 Å². The highest BCUT2D eigenvalue weighted by Gasteiger charge is 2.35. The van der Waals surface area contributed by atoms with E-state index in [4.69, 9.17) is 14.6 Å². The van der Waals surface area contributed by atoms with Gasteiger partial charge in [0.05, 0.1) is 18.1 Å². The van der Waals surface area contributed by atoms with Crippen LogP contribution < -0.4 is 0 Å². The minimum Gasteiger partial charge on any atom is -0.481 e. The summed E-state index contributed by atoms with van der Waals surface area (Å²) in [6.07, 6.45) is 3.30. The molecule has 1 unspecified atom stereocenters. The highest BCUT2D eigenvalue weighted by atomic mass is 16.7. The first-order chi connectivity index (χ1) is 8.16. The predicted molar refractivity (Wildman–Crippen MR) is 59.4 cm³/mol. The van der Waals surface area contributed by atoms with Crippen molar-refractivity contribution >= 4 is 5.97 Å². The molecule has 0 aromatic heterocycles. The summed E-state index contributed by atoms with van der Waals surface area (Å²) in [4.78, 5) is 10.8. The van der Waals surface area contributed by atoms with Crippen LogP contribution in [0.15, 0.2) is 0 Å². The van der Waals surface area contributed by atoms with Gasteiger partial charge >= 0.3 is 5.97 Å². The number of aliphatic hydroxyl groups excluding tert-OH is 1. The van der Waals surface area contributed by atoms with Gasteiger partial charge in [-0.25, -0.2) is 0 Å². The third kappa shape index (κ3) is 3.40. The second-order valence-corrected chi connectivity index (χ2v) is 4.89. The quantitative estimate of drug-likeness (QED) is 0.778. The SMILES string of the molecule is O=C(O)C1CC[C@@H](O[C@@H]2CCCCO2)[C@H](O)C1. The van der Waals surface area contributed by atoms with Crippen molar-refractivity contribution in [3.63, 3.8) is 0 Å². The Morgan fingerprint density at radius 2 is 2.06 bits per heavy atom. The first-order valence-electron chi connectivity index (χ1n) is 6.34. The highest BCUT2D eigenvalue weighted by molar-refractivity contribution is 5.70. The zero-order valence-corrected chi connectivity index (χ0v) is 9.88. The molecule has 0 aromatic carbocycles. The van der Waals surface area contributed by atoms with E-state index in [0.717, 1.165) is 19.3 Å². The number of hydrogen-bond acceptors (Lipinski definition) is 4. The zero-order chi connectivity index (χ0) is 12.3. The molecule has 0 bridgehead atoms. The first-order valence-corrected chi connectivity index (χ1v) is 6.34. The van der Waals surface area contributed by atoms with Crippen LogP contribution in [0.4, 0.5) is 0 Å². The number of ether oxygens (including phenoxy) is 2. The number of aliphatic hydroxyl groups is 1. The Hall–Kier alpha value is -0.650. The van der Waals surface area contributed by atoms with Gasteiger partial charge in [0.15, 0.2) is 6.29 Å². The Bertz CT molecular complexity index is 262. The van der Waals surface area contributed by atoms with Crippen molar-refractivity contribution < 1.29 is 24.5 Å². The van der Waals surface area contributed by atoms with Gasteiger partial charge in [-0.05, 0) is 38.5 Å². The van der Waals surface area contributed by atoms with Gasteiger partial charge < -0.3 is 19.7 Å². The van der Waals surface area contributed by atoms with Gasteiger partial charge in [-0.3, -0.25) is 4.79 Å². The normalized spacial score (nSPS) is 38.9. The van der Waals surface area contributed by atoms with Crippen molar-refractivity contribution in [1.29, 1.82) is 0 Å². The van der Waals surface area contributed by atoms with Crippen molar-refractivity contribution in [2.24, 2.45) is 5.92 Å². The maximum atomic E-state index is 10.8. The molecule has 2 fully saturated rings. The highest BCUT2D eigenvalue weighted by Crippen LogP contribution is 2.29. The molecule has 1 saturated carbocycles. The van der Waals surface area contributed by atoms with Crippen LogP contribution in [0.25, 0.3) is 0 Å². The van der Waals surface area contributed by atoms with Crippen LogP contribution in [0.1, 0.15) is 38.5 Å². The molecule has 17 heavy (non-hydrogen) atoms. The van der Waals surface area contributed by atoms with Crippen molar-refractivity contribution in [3.8, 4) is 0 Å². The lowest BCUT2D eigenvalue weighted by Gasteiger charge is -2.34. The Kier molecular flexibility index (Phi) is 4.36. The molecule has 1 aliphatic carbocycles. The third-order valence-electron chi connectivity index (χ3n) is 3.57. The van der Waals surface area contributed by atoms with E-state index in [0.29, 0.717) is 19.4 Å². The van der Waals surface area contributed by atoms with E-state index in [9.17, 15) is 9.90 Å². The summed E-state index contributed by atoms with van der Waals surface area (Å²) >= 11 is 0. The summed E-state index contributed by atoms with van der Waals surface area (Å²) in [6.45, 7) is 0.714. The monoisotopic (exact) mass is 244 g/mol. The largest absolute Gasteiger partial charge is 0.481 e. The second-order valence-electron chi connectivity index (χ2n) is 4.89. The smallest absolute Gasteiger partial charge is 0.306 e. The van der Waals surface area contributed by atoms with E-state index >= 15 is 0 Å². The Balaban J connectivity index is 1.80. The molecular weight excluding hydrogens is 224 g/mol. The number of carboxylic acid groups (broad SMARTS) is 1. The van der Waals surface area contributed by atoms with Crippen LogP contribution >= 0.6 is 0 Å². The third-order valence-corrected chi connectivity index (χ3v) is 3.57. The van der Waals surface area contributed by atoms with Crippen molar-refractivity contribution in [3.05, 3.63) is 0 Å². The van der Waals surface area contributed by atoms with Crippen molar-refractivity contribution in [1.82, 2.24) is 0 Å². The summed E-state index contributed by atoms with van der Waals surface area (Å²) in [6, 6.07) is 0. The average Bonchev–Trinajstić information content (AvgIpc) is 2.33. The summed E-state index contributed by atoms with van der Waals surface area (Å²) < 4.78 is 11.2. The van der Waals surface area contributed by atoms with Crippen molar-refractivity contribution in [2.45, 2.75) is 57.0 Å². The van der Waals surface area contributed by atoms with Gasteiger partial charge in [-0.1, -0.05) is 0 Å². The number of carbonyl (C=O) groups is 1. The lowest BCUT2D eigenvalue weighted by molar-refractivity contribution is -0.215. The van der Waals surface area contributed by atoms with Crippen LogP contribution in [0, 0.1) is 5.92 Å². The standard InChI is InChI=1S/C12H20O5/c13-9-7-8(12(14)15)4-5-10(9)17-11-3-1-2-6-16-11/h8-11,13H,1-7H2,(H,14,15)/t8?,9-,10-,11-/m1/s1. The van der Waals surface area contributed by atoms with Gasteiger partial charge in [0.1, 0.15) is 0 Å². The van der Waals surface area contributed by atoms with Gasteiger partial charge in [0, 0.05) is 6.61 Å². The first kappa shape index (κ1) is 12.8. The number of rotatable bonds is 3. The molecule has 2 N–H and O–H groups in total. The number of hydrogen-bond donors (Lipinski definition) is 2. The number of carboxylic acids is 1. The minimum absolute atomic E-state index is 0.218. The van der Waals surface area contributed by atoms with E-state index in [1.807, 2.05) is 0 Å². The molecule has 1 saturated heterocycles. The molecule has 1 heterocycles. The maximum absolute atomic E-state index is 10.8. The topological polar surface area (TPSA) is 76.0 Å². The lowest BCUT2D eigenvalue weighted by Crippen LogP contribution is -2.41. The fourth-order valence-electron chi connectivity index (χ4n) is 2.52. The summed E-state index contributed by atoms with van der Waals surface area (Å²) in [5.41, 5.74) is 0. The van der Waals surface area contributed by atoms with Crippen LogP contribution in [-0.2, 0) is 14.3 Å². The van der Waals surface area contributed by atoms with Crippen LogP contribution in [0.3, 0.4) is 0 Å². The Morgan fingerprint density at radius 3 is 2.65 bits per heavy atom. The predicted octanol–water partition coefficient (Wildman–Crippen LogP) is 1.14. The van der Waals surface area contributed by atoms with E-state index in [-0.39, 0.29) is 18.8 Å². The van der Waals surface area contributed by atoms with Gasteiger partial charge in [0.25, 0.3) is 0 Å². The molecule has 2 aliphatic rings. The molecule has 4 atom stereocenters. The Morgan fingerprint density at radius 1 is 1.24 bits per heavy atom. The molecular formula is C12H20O5. The van der Waals surface area contributed by atoms with Gasteiger partial charge in [-0.2, -0.15) is 0 Å². The molecule has 0 radical (unpaired) electrons. The summed E-state index contributed by atoms with van der Waals surface area (Å²) in [5.74, 6) is -1.26. The molecule has 5 nitrogen and oxygen atoms in total.